The molecule has 1 aromatic heterocycles. The molecule has 1 atom stereocenters. The number of carbonyl (C=O) groups excluding carboxylic acids is 2. The fraction of sp³-hybridized carbons (Fsp3) is 0.227. The summed E-state index contributed by atoms with van der Waals surface area (Å²) in [5, 5.41) is 7.53. The summed E-state index contributed by atoms with van der Waals surface area (Å²) >= 11 is 0. The molecule has 0 aliphatic carbocycles. The first-order valence-corrected chi connectivity index (χ1v) is 9.65. The van der Waals surface area contributed by atoms with Crippen LogP contribution in [-0.4, -0.2) is 40.8 Å². The van der Waals surface area contributed by atoms with Crippen LogP contribution in [0.2, 0.25) is 0 Å². The van der Waals surface area contributed by atoms with E-state index in [0.717, 1.165) is 22.8 Å². The molecule has 1 unspecified atom stereocenters. The highest BCUT2D eigenvalue weighted by atomic mass is 16.5. The molecule has 0 saturated heterocycles. The highest BCUT2D eigenvalue weighted by Crippen LogP contribution is 2.33. The van der Waals surface area contributed by atoms with Crippen molar-refractivity contribution in [1.29, 1.82) is 0 Å². The molecule has 4 rings (SSSR count). The fourth-order valence-electron chi connectivity index (χ4n) is 3.60. The fourth-order valence-corrected chi connectivity index (χ4v) is 3.60. The average Bonchev–Trinajstić information content (AvgIpc) is 3.02. The van der Waals surface area contributed by atoms with Crippen molar-refractivity contribution in [1.82, 2.24) is 9.78 Å². The number of nitrogens with two attached hydrogens (primary N) is 1. The normalized spacial score (nSPS) is 15.3. The zero-order chi connectivity index (χ0) is 21.3. The summed E-state index contributed by atoms with van der Waals surface area (Å²) in [5.41, 5.74) is 9.35. The summed E-state index contributed by atoms with van der Waals surface area (Å²) in [6.45, 7) is 4.03. The zero-order valence-electron chi connectivity index (χ0n) is 16.8. The Morgan fingerprint density at radius 1 is 1.13 bits per heavy atom. The lowest BCUT2D eigenvalue weighted by Crippen LogP contribution is -2.49. The van der Waals surface area contributed by atoms with E-state index in [1.54, 1.807) is 15.6 Å². The number of aromatic nitrogens is 2. The molecule has 2 aromatic carbocycles. The smallest absolute Gasteiger partial charge is 0.260 e. The molecule has 8 nitrogen and oxygen atoms in total. The zero-order valence-corrected chi connectivity index (χ0v) is 16.8. The first kappa shape index (κ1) is 19.5. The van der Waals surface area contributed by atoms with Gasteiger partial charge in [-0.2, -0.15) is 5.10 Å². The topological polar surface area (TPSA) is 102 Å². The Labute approximate surface area is 174 Å². The van der Waals surface area contributed by atoms with Crippen LogP contribution in [0.1, 0.15) is 11.4 Å². The summed E-state index contributed by atoms with van der Waals surface area (Å²) < 4.78 is 7.46. The van der Waals surface area contributed by atoms with E-state index in [-0.39, 0.29) is 19.0 Å². The number of nitrogens with one attached hydrogen (secondary N) is 1. The third kappa shape index (κ3) is 3.71. The van der Waals surface area contributed by atoms with Gasteiger partial charge in [-0.3, -0.25) is 9.59 Å². The highest BCUT2D eigenvalue weighted by Gasteiger charge is 2.30. The van der Waals surface area contributed by atoms with E-state index in [1.807, 2.05) is 62.4 Å². The molecule has 0 bridgehead atoms. The number of anilines is 2. The van der Waals surface area contributed by atoms with Gasteiger partial charge in [0.05, 0.1) is 41.5 Å². The lowest BCUT2D eigenvalue weighted by molar-refractivity contribution is -0.125. The quantitative estimate of drug-likeness (QED) is 0.677. The van der Waals surface area contributed by atoms with Gasteiger partial charge in [0.1, 0.15) is 5.75 Å². The molecule has 30 heavy (non-hydrogen) atoms. The van der Waals surface area contributed by atoms with Crippen LogP contribution >= 0.6 is 0 Å². The number of hydrogen-bond acceptors (Lipinski definition) is 5. The molecule has 0 spiro atoms. The van der Waals surface area contributed by atoms with Crippen molar-refractivity contribution in [2.24, 2.45) is 5.73 Å². The molecule has 1 aliphatic heterocycles. The summed E-state index contributed by atoms with van der Waals surface area (Å²) in [6, 6.07) is 17.0. The second-order valence-electron chi connectivity index (χ2n) is 7.20. The Balaban J connectivity index is 1.54. The summed E-state index contributed by atoms with van der Waals surface area (Å²) in [7, 11) is 0. The van der Waals surface area contributed by atoms with Gasteiger partial charge in [-0.05, 0) is 38.1 Å². The largest absolute Gasteiger partial charge is 0.477 e. The van der Waals surface area contributed by atoms with Crippen molar-refractivity contribution in [2.45, 2.75) is 20.0 Å². The van der Waals surface area contributed by atoms with Gasteiger partial charge >= 0.3 is 0 Å². The van der Waals surface area contributed by atoms with Crippen LogP contribution in [-0.2, 0) is 9.59 Å². The third-order valence-corrected chi connectivity index (χ3v) is 5.07. The SMILES string of the molecule is Cc1nn(-c2ccccc2)c(C)c1NC(=O)CN1CC(C(N)=O)Oc2ccccc21. The van der Waals surface area contributed by atoms with Gasteiger partial charge < -0.3 is 20.7 Å². The number of benzene rings is 2. The van der Waals surface area contributed by atoms with Crippen molar-refractivity contribution in [2.75, 3.05) is 23.3 Å². The molecule has 8 heteroatoms. The Morgan fingerprint density at radius 2 is 1.83 bits per heavy atom. The van der Waals surface area contributed by atoms with Gasteiger partial charge in [-0.1, -0.05) is 30.3 Å². The summed E-state index contributed by atoms with van der Waals surface area (Å²) in [6.07, 6.45) is -0.808. The first-order chi connectivity index (χ1) is 14.4. The number of rotatable bonds is 5. The molecule has 2 heterocycles. The number of fused-ring (bicyclic) bond motifs is 1. The molecular formula is C22H23N5O3. The van der Waals surface area contributed by atoms with Crippen LogP contribution in [0.15, 0.2) is 54.6 Å². The number of hydrogen-bond donors (Lipinski definition) is 2. The first-order valence-electron chi connectivity index (χ1n) is 9.65. The minimum absolute atomic E-state index is 0.0551. The molecule has 1 aliphatic rings. The van der Waals surface area contributed by atoms with Crippen molar-refractivity contribution < 1.29 is 14.3 Å². The number of amides is 2. The maximum Gasteiger partial charge on any atom is 0.260 e. The lowest BCUT2D eigenvalue weighted by Gasteiger charge is -2.34. The number of nitrogens with zero attached hydrogens (tertiary/aromatic N) is 3. The maximum atomic E-state index is 12.9. The van der Waals surface area contributed by atoms with Gasteiger partial charge in [0, 0.05) is 0 Å². The van der Waals surface area contributed by atoms with Gasteiger partial charge in [0.25, 0.3) is 5.91 Å². The van der Waals surface area contributed by atoms with Crippen LogP contribution in [0.5, 0.6) is 5.75 Å². The van der Waals surface area contributed by atoms with E-state index in [9.17, 15) is 9.59 Å². The molecule has 0 fully saturated rings. The highest BCUT2D eigenvalue weighted by molar-refractivity contribution is 5.96. The second-order valence-corrected chi connectivity index (χ2v) is 7.20. The molecule has 154 valence electrons. The number of primary amides is 1. The molecule has 0 radical (unpaired) electrons. The van der Waals surface area contributed by atoms with E-state index >= 15 is 0 Å². The summed E-state index contributed by atoms with van der Waals surface area (Å²) in [4.78, 5) is 26.3. The molecule has 0 saturated carbocycles. The van der Waals surface area contributed by atoms with Crippen molar-refractivity contribution >= 4 is 23.2 Å². The third-order valence-electron chi connectivity index (χ3n) is 5.07. The molecular weight excluding hydrogens is 382 g/mol. The van der Waals surface area contributed by atoms with E-state index in [4.69, 9.17) is 10.5 Å². The van der Waals surface area contributed by atoms with Crippen molar-refractivity contribution in [3.63, 3.8) is 0 Å². The Bertz CT molecular complexity index is 1090. The number of aryl methyl sites for hydroxylation is 1. The minimum Gasteiger partial charge on any atom is -0.477 e. The van der Waals surface area contributed by atoms with Crippen LogP contribution in [0.4, 0.5) is 11.4 Å². The number of ether oxygens (including phenoxy) is 1. The van der Waals surface area contributed by atoms with Crippen LogP contribution in [0.25, 0.3) is 5.69 Å². The van der Waals surface area contributed by atoms with Gasteiger partial charge in [0.15, 0.2) is 6.10 Å². The maximum absolute atomic E-state index is 12.9. The van der Waals surface area contributed by atoms with Crippen LogP contribution in [0.3, 0.4) is 0 Å². The second kappa shape index (κ2) is 7.90. The number of para-hydroxylation sites is 3. The van der Waals surface area contributed by atoms with Gasteiger partial charge in [-0.15, -0.1) is 0 Å². The van der Waals surface area contributed by atoms with Crippen molar-refractivity contribution in [3.05, 3.63) is 66.0 Å². The molecule has 2 amide bonds. The molecule has 3 aromatic rings. The van der Waals surface area contributed by atoms with Gasteiger partial charge in [0.2, 0.25) is 5.91 Å². The molecule has 3 N–H and O–H groups in total. The van der Waals surface area contributed by atoms with Crippen LogP contribution in [0, 0.1) is 13.8 Å². The summed E-state index contributed by atoms with van der Waals surface area (Å²) in [5.74, 6) is -0.246. The van der Waals surface area contributed by atoms with Crippen LogP contribution < -0.4 is 20.7 Å². The predicted molar refractivity (Wildman–Crippen MR) is 114 cm³/mol. The van der Waals surface area contributed by atoms with Gasteiger partial charge in [-0.25, -0.2) is 4.68 Å². The standard InChI is InChI=1S/C22H23N5O3/c1-14-21(15(2)27(25-14)16-8-4-3-5-9-16)24-20(28)13-26-12-19(22(23)29)30-18-11-7-6-10-17(18)26/h3-11,19H,12-13H2,1-2H3,(H2,23,29)(H,24,28). The average molecular weight is 405 g/mol. The Hall–Kier alpha value is -3.81. The van der Waals surface area contributed by atoms with E-state index < -0.39 is 12.0 Å². The predicted octanol–water partition coefficient (Wildman–Crippen LogP) is 2.18. The monoisotopic (exact) mass is 405 g/mol. The van der Waals surface area contributed by atoms with Crippen molar-refractivity contribution in [3.8, 4) is 11.4 Å². The van der Waals surface area contributed by atoms with E-state index in [1.165, 1.54) is 0 Å². The Morgan fingerprint density at radius 3 is 2.57 bits per heavy atom. The van der Waals surface area contributed by atoms with E-state index in [2.05, 4.69) is 10.4 Å². The Kier molecular flexibility index (Phi) is 5.14. The number of carbonyl (C=O) groups is 2. The minimum atomic E-state index is -0.808. The van der Waals surface area contributed by atoms with E-state index in [0.29, 0.717) is 11.4 Å². The lowest BCUT2D eigenvalue weighted by atomic mass is 10.1.